The molecule has 0 aliphatic heterocycles. The van der Waals surface area contributed by atoms with E-state index in [9.17, 15) is 8.42 Å². The quantitative estimate of drug-likeness (QED) is 0.820. The molecular formula is C11H15Cl2NO2S. The molecule has 1 aromatic rings. The maximum absolute atomic E-state index is 11.9. The first-order valence-corrected chi connectivity index (χ1v) is 7.66. The van der Waals surface area contributed by atoms with Crippen molar-refractivity contribution < 1.29 is 8.42 Å². The summed E-state index contributed by atoms with van der Waals surface area (Å²) >= 11 is 11.3. The summed E-state index contributed by atoms with van der Waals surface area (Å²) in [5, 5.41) is 0.513. The molecule has 1 aromatic carbocycles. The van der Waals surface area contributed by atoms with E-state index in [4.69, 9.17) is 23.2 Å². The fraction of sp³-hybridized carbons (Fsp3) is 0.455. The molecule has 0 heterocycles. The van der Waals surface area contributed by atoms with E-state index in [1.165, 1.54) is 12.1 Å². The summed E-state index contributed by atoms with van der Waals surface area (Å²) in [4.78, 5) is 0.222. The predicted molar refractivity (Wildman–Crippen MR) is 71.1 cm³/mol. The highest BCUT2D eigenvalue weighted by atomic mass is 35.5. The lowest BCUT2D eigenvalue weighted by molar-refractivity contribution is 0.530. The first-order valence-electron chi connectivity index (χ1n) is 5.27. The minimum atomic E-state index is -3.44. The third kappa shape index (κ3) is 4.84. The average molecular weight is 296 g/mol. The van der Waals surface area contributed by atoms with E-state index in [1.807, 2.05) is 6.92 Å². The van der Waals surface area contributed by atoms with Crippen molar-refractivity contribution in [3.63, 3.8) is 0 Å². The zero-order chi connectivity index (χ0) is 12.9. The molecular weight excluding hydrogens is 281 g/mol. The summed E-state index contributed by atoms with van der Waals surface area (Å²) in [5.41, 5.74) is 0. The second-order valence-electron chi connectivity index (χ2n) is 3.89. The van der Waals surface area contributed by atoms with Crippen LogP contribution in [0.15, 0.2) is 29.2 Å². The van der Waals surface area contributed by atoms with Crippen LogP contribution in [0.5, 0.6) is 0 Å². The first-order chi connectivity index (χ1) is 7.95. The predicted octanol–water partition coefficient (Wildman–Crippen LogP) is 2.88. The first kappa shape index (κ1) is 14.8. The van der Waals surface area contributed by atoms with E-state index in [0.29, 0.717) is 17.4 Å². The zero-order valence-corrected chi connectivity index (χ0v) is 11.8. The Kier molecular flexibility index (Phi) is 5.73. The van der Waals surface area contributed by atoms with Crippen molar-refractivity contribution in [2.24, 2.45) is 5.92 Å². The SMILES string of the molecule is CC(CCCl)CNS(=O)(=O)c1ccc(Cl)cc1. The van der Waals surface area contributed by atoms with Gasteiger partial charge in [-0.1, -0.05) is 18.5 Å². The number of rotatable bonds is 6. The van der Waals surface area contributed by atoms with Gasteiger partial charge in [-0.2, -0.15) is 0 Å². The molecule has 3 nitrogen and oxygen atoms in total. The molecule has 0 bridgehead atoms. The molecule has 96 valence electrons. The lowest BCUT2D eigenvalue weighted by atomic mass is 10.1. The number of halogens is 2. The Morgan fingerprint density at radius 2 is 1.88 bits per heavy atom. The second kappa shape index (κ2) is 6.59. The Balaban J connectivity index is 2.66. The van der Waals surface area contributed by atoms with Gasteiger partial charge in [0.2, 0.25) is 10.0 Å². The highest BCUT2D eigenvalue weighted by Gasteiger charge is 2.14. The molecule has 1 rings (SSSR count). The van der Waals surface area contributed by atoms with Gasteiger partial charge < -0.3 is 0 Å². The van der Waals surface area contributed by atoms with Crippen molar-refractivity contribution in [2.45, 2.75) is 18.2 Å². The molecule has 6 heteroatoms. The van der Waals surface area contributed by atoms with Gasteiger partial charge in [0.25, 0.3) is 0 Å². The van der Waals surface area contributed by atoms with E-state index in [1.54, 1.807) is 12.1 Å². The number of nitrogens with one attached hydrogen (secondary N) is 1. The Bertz CT molecular complexity index is 445. The van der Waals surface area contributed by atoms with Crippen molar-refractivity contribution in [3.05, 3.63) is 29.3 Å². The Labute approximate surface area is 112 Å². The van der Waals surface area contributed by atoms with Crippen molar-refractivity contribution in [1.29, 1.82) is 0 Å². The Morgan fingerprint density at radius 3 is 2.41 bits per heavy atom. The fourth-order valence-electron chi connectivity index (χ4n) is 1.24. The van der Waals surface area contributed by atoms with E-state index >= 15 is 0 Å². The molecule has 0 radical (unpaired) electrons. The molecule has 0 fully saturated rings. The molecule has 1 N–H and O–H groups in total. The van der Waals surface area contributed by atoms with Crippen LogP contribution in [-0.4, -0.2) is 20.8 Å². The summed E-state index contributed by atoms with van der Waals surface area (Å²) in [7, 11) is -3.44. The number of hydrogen-bond donors (Lipinski definition) is 1. The highest BCUT2D eigenvalue weighted by molar-refractivity contribution is 7.89. The van der Waals surface area contributed by atoms with Crippen molar-refractivity contribution in [2.75, 3.05) is 12.4 Å². The van der Waals surface area contributed by atoms with Crippen LogP contribution < -0.4 is 4.72 Å². The second-order valence-corrected chi connectivity index (χ2v) is 6.47. The molecule has 0 spiro atoms. The number of hydrogen-bond acceptors (Lipinski definition) is 2. The number of benzene rings is 1. The fourth-order valence-corrected chi connectivity index (χ4v) is 2.90. The summed E-state index contributed by atoms with van der Waals surface area (Å²) < 4.78 is 26.3. The van der Waals surface area contributed by atoms with Crippen molar-refractivity contribution in [3.8, 4) is 0 Å². The van der Waals surface area contributed by atoms with E-state index in [0.717, 1.165) is 6.42 Å². The van der Waals surface area contributed by atoms with Gasteiger partial charge >= 0.3 is 0 Å². The van der Waals surface area contributed by atoms with E-state index in [-0.39, 0.29) is 10.8 Å². The van der Waals surface area contributed by atoms with Crippen LogP contribution in [0, 0.1) is 5.92 Å². The van der Waals surface area contributed by atoms with E-state index < -0.39 is 10.0 Å². The van der Waals surface area contributed by atoms with Gasteiger partial charge in [0.15, 0.2) is 0 Å². The molecule has 1 unspecified atom stereocenters. The molecule has 0 aliphatic carbocycles. The van der Waals surface area contributed by atoms with Crippen molar-refractivity contribution >= 4 is 33.2 Å². The van der Waals surface area contributed by atoms with Gasteiger partial charge in [0.1, 0.15) is 0 Å². The van der Waals surface area contributed by atoms with Crippen LogP contribution in [0.2, 0.25) is 5.02 Å². The molecule has 0 saturated heterocycles. The zero-order valence-electron chi connectivity index (χ0n) is 9.49. The lowest BCUT2D eigenvalue weighted by Crippen LogP contribution is -2.28. The molecule has 1 atom stereocenters. The van der Waals surface area contributed by atoms with Crippen LogP contribution in [0.3, 0.4) is 0 Å². The largest absolute Gasteiger partial charge is 0.240 e. The highest BCUT2D eigenvalue weighted by Crippen LogP contribution is 2.14. The number of sulfonamides is 1. The maximum Gasteiger partial charge on any atom is 0.240 e. The average Bonchev–Trinajstić information content (AvgIpc) is 2.28. The van der Waals surface area contributed by atoms with Crippen molar-refractivity contribution in [1.82, 2.24) is 4.72 Å². The minimum Gasteiger partial charge on any atom is -0.211 e. The van der Waals surface area contributed by atoms with Crippen LogP contribution in [-0.2, 0) is 10.0 Å². The third-order valence-corrected chi connectivity index (χ3v) is 4.26. The monoisotopic (exact) mass is 295 g/mol. The van der Waals surface area contributed by atoms with Gasteiger partial charge in [-0.25, -0.2) is 13.1 Å². The summed E-state index contributed by atoms with van der Waals surface area (Å²) in [6, 6.07) is 6.07. The van der Waals surface area contributed by atoms with Gasteiger partial charge in [-0.15, -0.1) is 11.6 Å². The van der Waals surface area contributed by atoms with Gasteiger partial charge in [0, 0.05) is 17.4 Å². The van der Waals surface area contributed by atoms with Gasteiger partial charge in [0.05, 0.1) is 4.90 Å². The summed E-state index contributed by atoms with van der Waals surface area (Å²) in [5.74, 6) is 0.749. The molecule has 0 amide bonds. The Morgan fingerprint density at radius 1 is 1.29 bits per heavy atom. The smallest absolute Gasteiger partial charge is 0.211 e. The van der Waals surface area contributed by atoms with E-state index in [2.05, 4.69) is 4.72 Å². The lowest BCUT2D eigenvalue weighted by Gasteiger charge is -2.11. The maximum atomic E-state index is 11.9. The van der Waals surface area contributed by atoms with Crippen LogP contribution in [0.4, 0.5) is 0 Å². The summed E-state index contributed by atoms with van der Waals surface area (Å²) in [6.45, 7) is 2.34. The number of alkyl halides is 1. The van der Waals surface area contributed by atoms with Gasteiger partial charge in [-0.3, -0.25) is 0 Å². The molecule has 17 heavy (non-hydrogen) atoms. The third-order valence-electron chi connectivity index (χ3n) is 2.35. The topological polar surface area (TPSA) is 46.2 Å². The van der Waals surface area contributed by atoms with Crippen LogP contribution >= 0.6 is 23.2 Å². The van der Waals surface area contributed by atoms with Crippen LogP contribution in [0.1, 0.15) is 13.3 Å². The van der Waals surface area contributed by atoms with Crippen LogP contribution in [0.25, 0.3) is 0 Å². The Hall–Kier alpha value is -0.290. The molecule has 0 saturated carbocycles. The standard InChI is InChI=1S/C11H15Cl2NO2S/c1-9(6-7-12)8-14-17(15,16)11-4-2-10(13)3-5-11/h2-5,9,14H,6-8H2,1H3. The molecule has 0 aliphatic rings. The molecule has 0 aromatic heterocycles. The van der Waals surface area contributed by atoms with Gasteiger partial charge in [-0.05, 0) is 36.6 Å². The normalized spacial score (nSPS) is 13.6. The minimum absolute atomic E-state index is 0.217. The summed E-state index contributed by atoms with van der Waals surface area (Å²) in [6.07, 6.45) is 0.782.